The largest absolute Gasteiger partial charge is 0.463 e. The number of hydrogen-bond donors (Lipinski definition) is 2. The van der Waals surface area contributed by atoms with Crippen molar-refractivity contribution in [2.24, 2.45) is 0 Å². The maximum Gasteiger partial charge on any atom is 0.256 e. The first-order chi connectivity index (χ1) is 13.9. The van der Waals surface area contributed by atoms with Crippen molar-refractivity contribution in [3.63, 3.8) is 0 Å². The Morgan fingerprint density at radius 2 is 1.97 bits per heavy atom. The van der Waals surface area contributed by atoms with E-state index in [-0.39, 0.29) is 17.4 Å². The molecule has 0 atom stereocenters. The SMILES string of the molecule is Cc1nc(-n2nc(-c3ccco3)cc2NC(=O)c2ccc(Cl)cc2)[nH]c(=O)c1C. The van der Waals surface area contributed by atoms with Crippen LogP contribution >= 0.6 is 11.6 Å². The number of aromatic nitrogens is 4. The minimum atomic E-state index is -0.361. The summed E-state index contributed by atoms with van der Waals surface area (Å²) >= 11 is 5.89. The average molecular weight is 410 g/mol. The summed E-state index contributed by atoms with van der Waals surface area (Å²) in [5.41, 5.74) is 1.69. The van der Waals surface area contributed by atoms with E-state index < -0.39 is 0 Å². The van der Waals surface area contributed by atoms with Gasteiger partial charge in [0.15, 0.2) is 5.76 Å². The van der Waals surface area contributed by atoms with Crippen molar-refractivity contribution in [3.8, 4) is 17.4 Å². The summed E-state index contributed by atoms with van der Waals surface area (Å²) in [6.07, 6.45) is 1.52. The van der Waals surface area contributed by atoms with E-state index in [1.54, 1.807) is 56.3 Å². The number of nitrogens with zero attached hydrogens (tertiary/aromatic N) is 3. The molecule has 8 nitrogen and oxygen atoms in total. The Morgan fingerprint density at radius 3 is 2.62 bits per heavy atom. The van der Waals surface area contributed by atoms with E-state index in [0.29, 0.717) is 39.1 Å². The number of H-pyrrole nitrogens is 1. The third-order valence-corrected chi connectivity index (χ3v) is 4.67. The van der Waals surface area contributed by atoms with Crippen LogP contribution in [0.15, 0.2) is 57.9 Å². The lowest BCUT2D eigenvalue weighted by molar-refractivity contribution is 0.102. The minimum Gasteiger partial charge on any atom is -0.463 e. The number of carbonyl (C=O) groups is 1. The Morgan fingerprint density at radius 1 is 1.21 bits per heavy atom. The van der Waals surface area contributed by atoms with E-state index >= 15 is 0 Å². The van der Waals surface area contributed by atoms with Crippen molar-refractivity contribution in [2.75, 3.05) is 5.32 Å². The summed E-state index contributed by atoms with van der Waals surface area (Å²) < 4.78 is 6.76. The van der Waals surface area contributed by atoms with Crippen molar-refractivity contribution in [2.45, 2.75) is 13.8 Å². The molecule has 0 saturated heterocycles. The number of hydrogen-bond acceptors (Lipinski definition) is 5. The van der Waals surface area contributed by atoms with Crippen LogP contribution in [0, 0.1) is 13.8 Å². The zero-order valence-electron chi connectivity index (χ0n) is 15.6. The van der Waals surface area contributed by atoms with Crippen LogP contribution in [0.5, 0.6) is 0 Å². The molecule has 1 amide bonds. The molecular formula is C20H16ClN5O3. The second kappa shape index (κ2) is 7.40. The van der Waals surface area contributed by atoms with Gasteiger partial charge >= 0.3 is 0 Å². The van der Waals surface area contributed by atoms with Crippen LogP contribution in [0.25, 0.3) is 17.4 Å². The van der Waals surface area contributed by atoms with Gasteiger partial charge in [0, 0.05) is 27.9 Å². The maximum atomic E-state index is 12.7. The molecule has 0 radical (unpaired) electrons. The molecule has 3 aromatic heterocycles. The van der Waals surface area contributed by atoms with Gasteiger partial charge in [-0.05, 0) is 50.2 Å². The Bertz CT molecular complexity index is 1240. The van der Waals surface area contributed by atoms with E-state index in [2.05, 4.69) is 20.4 Å². The molecular weight excluding hydrogens is 394 g/mol. The van der Waals surface area contributed by atoms with Crippen molar-refractivity contribution in [1.29, 1.82) is 0 Å². The fourth-order valence-corrected chi connectivity index (χ4v) is 2.82. The highest BCUT2D eigenvalue weighted by Crippen LogP contribution is 2.24. The fraction of sp³-hybridized carbons (Fsp3) is 0.100. The number of halogens is 1. The molecule has 29 heavy (non-hydrogen) atoms. The van der Waals surface area contributed by atoms with E-state index in [4.69, 9.17) is 16.0 Å². The van der Waals surface area contributed by atoms with Crippen LogP contribution in [0.1, 0.15) is 21.6 Å². The lowest BCUT2D eigenvalue weighted by Crippen LogP contribution is -2.20. The molecule has 0 saturated carbocycles. The average Bonchev–Trinajstić information content (AvgIpc) is 3.36. The normalized spacial score (nSPS) is 10.9. The number of furan rings is 1. The van der Waals surface area contributed by atoms with Gasteiger partial charge in [-0.3, -0.25) is 14.6 Å². The first-order valence-corrected chi connectivity index (χ1v) is 9.09. The number of anilines is 1. The van der Waals surface area contributed by atoms with Gasteiger partial charge in [-0.15, -0.1) is 0 Å². The monoisotopic (exact) mass is 409 g/mol. The first kappa shape index (κ1) is 18.7. The Kier molecular flexibility index (Phi) is 4.77. The van der Waals surface area contributed by atoms with Crippen molar-refractivity contribution in [3.05, 3.63) is 80.9 Å². The van der Waals surface area contributed by atoms with Crippen molar-refractivity contribution >= 4 is 23.3 Å². The standard InChI is InChI=1S/C20H16ClN5O3/c1-11-12(2)22-20(24-18(11)27)26-17(10-15(25-26)16-4-3-9-29-16)23-19(28)13-5-7-14(21)8-6-13/h3-10H,1-2H3,(H,23,28)(H,22,24,27). The zero-order chi connectivity index (χ0) is 20.5. The number of aromatic amines is 1. The molecule has 1 aromatic carbocycles. The topological polar surface area (TPSA) is 106 Å². The van der Waals surface area contributed by atoms with Gasteiger partial charge in [0.05, 0.1) is 6.26 Å². The minimum absolute atomic E-state index is 0.183. The van der Waals surface area contributed by atoms with Crippen LogP contribution in [0.2, 0.25) is 5.02 Å². The van der Waals surface area contributed by atoms with Crippen LogP contribution < -0.4 is 10.9 Å². The van der Waals surface area contributed by atoms with Gasteiger partial charge in [0.2, 0.25) is 5.95 Å². The van der Waals surface area contributed by atoms with Crippen molar-refractivity contribution in [1.82, 2.24) is 19.7 Å². The van der Waals surface area contributed by atoms with Gasteiger partial charge in [-0.25, -0.2) is 4.98 Å². The molecule has 3 heterocycles. The van der Waals surface area contributed by atoms with Crippen molar-refractivity contribution < 1.29 is 9.21 Å². The third-order valence-electron chi connectivity index (χ3n) is 4.41. The number of carbonyl (C=O) groups excluding carboxylic acids is 1. The summed E-state index contributed by atoms with van der Waals surface area (Å²) in [6.45, 7) is 3.42. The summed E-state index contributed by atoms with van der Waals surface area (Å²) in [6, 6.07) is 11.6. The van der Waals surface area contributed by atoms with Gasteiger partial charge in [0.25, 0.3) is 11.5 Å². The first-order valence-electron chi connectivity index (χ1n) is 8.71. The number of aryl methyl sites for hydroxylation is 1. The highest BCUT2D eigenvalue weighted by Gasteiger charge is 2.18. The van der Waals surface area contributed by atoms with Gasteiger partial charge in [-0.2, -0.15) is 9.78 Å². The number of rotatable bonds is 4. The predicted octanol–water partition coefficient (Wildman–Crippen LogP) is 3.74. The summed E-state index contributed by atoms with van der Waals surface area (Å²) in [5.74, 6) is 0.655. The number of amides is 1. The second-order valence-electron chi connectivity index (χ2n) is 6.36. The Hall–Kier alpha value is -3.65. The van der Waals surface area contributed by atoms with E-state index in [1.807, 2.05) is 0 Å². The molecule has 4 aromatic rings. The lowest BCUT2D eigenvalue weighted by Gasteiger charge is -2.09. The Labute approximate surface area is 170 Å². The molecule has 9 heteroatoms. The summed E-state index contributed by atoms with van der Waals surface area (Å²) in [7, 11) is 0. The third kappa shape index (κ3) is 3.70. The zero-order valence-corrected chi connectivity index (χ0v) is 16.3. The summed E-state index contributed by atoms with van der Waals surface area (Å²) in [5, 5.41) is 7.78. The molecule has 0 spiro atoms. The molecule has 0 fully saturated rings. The van der Waals surface area contributed by atoms with Crippen LogP contribution in [0.4, 0.5) is 5.82 Å². The molecule has 0 aliphatic heterocycles. The highest BCUT2D eigenvalue weighted by atomic mass is 35.5. The highest BCUT2D eigenvalue weighted by molar-refractivity contribution is 6.30. The molecule has 0 bridgehead atoms. The van der Waals surface area contributed by atoms with Gasteiger partial charge in [-0.1, -0.05) is 11.6 Å². The lowest BCUT2D eigenvalue weighted by atomic mass is 10.2. The molecule has 2 N–H and O–H groups in total. The quantitative estimate of drug-likeness (QED) is 0.534. The van der Waals surface area contributed by atoms with Gasteiger partial charge in [0.1, 0.15) is 11.5 Å². The van der Waals surface area contributed by atoms with E-state index in [1.165, 1.54) is 10.9 Å². The molecule has 146 valence electrons. The van der Waals surface area contributed by atoms with Crippen LogP contribution in [-0.2, 0) is 0 Å². The smallest absolute Gasteiger partial charge is 0.256 e. The number of nitrogens with one attached hydrogen (secondary N) is 2. The second-order valence-corrected chi connectivity index (χ2v) is 6.80. The fourth-order valence-electron chi connectivity index (χ4n) is 2.70. The van der Waals surface area contributed by atoms with Gasteiger partial charge < -0.3 is 9.73 Å². The van der Waals surface area contributed by atoms with E-state index in [0.717, 1.165) is 0 Å². The Balaban J connectivity index is 1.78. The van der Waals surface area contributed by atoms with E-state index in [9.17, 15) is 9.59 Å². The molecule has 0 aliphatic rings. The predicted molar refractivity (Wildman–Crippen MR) is 109 cm³/mol. The number of benzene rings is 1. The maximum absolute atomic E-state index is 12.7. The van der Waals surface area contributed by atoms with Crippen LogP contribution in [0.3, 0.4) is 0 Å². The molecule has 0 aliphatic carbocycles. The van der Waals surface area contributed by atoms with Crippen LogP contribution in [-0.4, -0.2) is 25.7 Å². The molecule has 0 unspecified atom stereocenters. The summed E-state index contributed by atoms with van der Waals surface area (Å²) in [4.78, 5) is 32.0. The molecule has 4 rings (SSSR count).